The van der Waals surface area contributed by atoms with Crippen LogP contribution in [0.2, 0.25) is 0 Å². The number of nitrogens with zero attached hydrogens (tertiary/aromatic N) is 2. The van der Waals surface area contributed by atoms with Crippen molar-refractivity contribution in [1.29, 1.82) is 0 Å². The molecule has 0 radical (unpaired) electrons. The molecule has 14 rings (SSSR count). The van der Waals surface area contributed by atoms with Crippen molar-refractivity contribution in [3.05, 3.63) is 292 Å². The average molecular weight is 965 g/mol. The van der Waals surface area contributed by atoms with Gasteiger partial charge in [0.15, 0.2) is 0 Å². The summed E-state index contributed by atoms with van der Waals surface area (Å²) in [4.78, 5) is 8.89. The van der Waals surface area contributed by atoms with Gasteiger partial charge in [0.2, 0.25) is 0 Å². The quantitative estimate of drug-likeness (QED) is 0.128. The molecule has 76 heavy (non-hydrogen) atoms. The molecule has 0 saturated heterocycles. The zero-order valence-corrected chi connectivity index (χ0v) is 41.6. The van der Waals surface area contributed by atoms with E-state index in [0.717, 1.165) is 33.4 Å². The SMILES string of the molecule is c1ccc(-c2cc(-c3ccccc3)cc(-c3cc(-c4ccc(-c5cccnc5)cc4)c4ccc5c(-c6cc(-c7ccccc7)cc(-c7ccccc7)c6)cc(-c6ccc(-c7cccnc7)cc6)c6ccc3c4c65)c2)cc1. The van der Waals surface area contributed by atoms with Crippen LogP contribution < -0.4 is 0 Å². The first-order valence-electron chi connectivity index (χ1n) is 26.0. The van der Waals surface area contributed by atoms with Crippen molar-refractivity contribution < 1.29 is 0 Å². The predicted octanol–water partition coefficient (Wildman–Crippen LogP) is 20.0. The third kappa shape index (κ3) is 8.19. The molecule has 0 unspecified atom stereocenters. The molecule has 14 aromatic rings. The molecule has 2 heteroatoms. The maximum atomic E-state index is 4.45. The Bertz CT molecular complexity index is 3960. The Labute approximate surface area is 442 Å². The molecule has 2 nitrogen and oxygen atoms in total. The molecule has 0 aliphatic rings. The number of hydrogen-bond donors (Lipinski definition) is 0. The topological polar surface area (TPSA) is 25.8 Å². The zero-order valence-electron chi connectivity index (χ0n) is 41.6. The fraction of sp³-hybridized carbons (Fsp3) is 0. The first kappa shape index (κ1) is 44.7. The van der Waals surface area contributed by atoms with Gasteiger partial charge in [-0.1, -0.05) is 206 Å². The summed E-state index contributed by atoms with van der Waals surface area (Å²) in [5.41, 5.74) is 23.3. The minimum Gasteiger partial charge on any atom is -0.264 e. The lowest BCUT2D eigenvalue weighted by Gasteiger charge is -2.22. The van der Waals surface area contributed by atoms with Crippen LogP contribution in [0, 0.1) is 0 Å². The molecule has 0 aliphatic carbocycles. The smallest absolute Gasteiger partial charge is 0.0346 e. The van der Waals surface area contributed by atoms with Gasteiger partial charge >= 0.3 is 0 Å². The lowest BCUT2D eigenvalue weighted by molar-refractivity contribution is 1.33. The van der Waals surface area contributed by atoms with E-state index in [1.165, 1.54) is 110 Å². The Morgan fingerprint density at radius 2 is 0.421 bits per heavy atom. The van der Waals surface area contributed by atoms with Crippen molar-refractivity contribution in [3.8, 4) is 111 Å². The Hall–Kier alpha value is -10.0. The van der Waals surface area contributed by atoms with Crippen molar-refractivity contribution in [2.75, 3.05) is 0 Å². The molecule has 0 N–H and O–H groups in total. The third-order valence-electron chi connectivity index (χ3n) is 15.2. The molecule has 2 aromatic heterocycles. The van der Waals surface area contributed by atoms with E-state index in [9.17, 15) is 0 Å². The van der Waals surface area contributed by atoms with E-state index in [2.05, 4.69) is 265 Å². The van der Waals surface area contributed by atoms with Gasteiger partial charge in [0.05, 0.1) is 0 Å². The largest absolute Gasteiger partial charge is 0.264 e. The number of pyridine rings is 2. The minimum atomic E-state index is 1.09. The first-order valence-corrected chi connectivity index (χ1v) is 26.0. The van der Waals surface area contributed by atoms with Crippen molar-refractivity contribution in [2.24, 2.45) is 0 Å². The monoisotopic (exact) mass is 964 g/mol. The van der Waals surface area contributed by atoms with Gasteiger partial charge in [-0.25, -0.2) is 0 Å². The lowest BCUT2D eigenvalue weighted by atomic mass is 9.81. The number of benzene rings is 12. The van der Waals surface area contributed by atoms with E-state index in [-0.39, 0.29) is 0 Å². The summed E-state index contributed by atoms with van der Waals surface area (Å²) in [6.45, 7) is 0. The average Bonchev–Trinajstić information content (AvgIpc) is 3.65. The molecule has 354 valence electrons. The summed E-state index contributed by atoms with van der Waals surface area (Å²) in [7, 11) is 0. The minimum absolute atomic E-state index is 1.09. The van der Waals surface area contributed by atoms with Gasteiger partial charge in [-0.3, -0.25) is 9.97 Å². The van der Waals surface area contributed by atoms with Gasteiger partial charge in [0, 0.05) is 24.8 Å². The molecule has 0 amide bonds. The molecule has 0 bridgehead atoms. The third-order valence-corrected chi connectivity index (χ3v) is 15.2. The van der Waals surface area contributed by atoms with Crippen LogP contribution in [0.5, 0.6) is 0 Å². The van der Waals surface area contributed by atoms with E-state index in [0.29, 0.717) is 0 Å². The van der Waals surface area contributed by atoms with Gasteiger partial charge in [0.25, 0.3) is 0 Å². The van der Waals surface area contributed by atoms with Crippen LogP contribution in [0.4, 0.5) is 0 Å². The molecule has 0 saturated carbocycles. The molecule has 0 atom stereocenters. The Balaban J connectivity index is 1.09. The molecular formula is C74H48N2. The first-order chi connectivity index (χ1) is 37.7. The molecule has 0 aliphatic heterocycles. The Kier molecular flexibility index (Phi) is 11.2. The van der Waals surface area contributed by atoms with E-state index in [1.54, 1.807) is 0 Å². The van der Waals surface area contributed by atoms with E-state index >= 15 is 0 Å². The fourth-order valence-corrected chi connectivity index (χ4v) is 11.5. The van der Waals surface area contributed by atoms with Crippen LogP contribution in [0.25, 0.3) is 144 Å². The number of rotatable bonds is 10. The molecule has 0 fully saturated rings. The highest BCUT2D eigenvalue weighted by Gasteiger charge is 2.23. The summed E-state index contributed by atoms with van der Waals surface area (Å²) in [5, 5.41) is 7.36. The molecule has 0 spiro atoms. The number of aromatic nitrogens is 2. The van der Waals surface area contributed by atoms with Crippen molar-refractivity contribution in [3.63, 3.8) is 0 Å². The van der Waals surface area contributed by atoms with Crippen LogP contribution in [-0.2, 0) is 0 Å². The van der Waals surface area contributed by atoms with E-state index in [4.69, 9.17) is 0 Å². The van der Waals surface area contributed by atoms with Crippen molar-refractivity contribution >= 4 is 32.3 Å². The van der Waals surface area contributed by atoms with Gasteiger partial charge in [-0.15, -0.1) is 0 Å². The van der Waals surface area contributed by atoms with E-state index < -0.39 is 0 Å². The van der Waals surface area contributed by atoms with Gasteiger partial charge in [-0.05, 0) is 204 Å². The Morgan fingerprint density at radius 1 is 0.171 bits per heavy atom. The van der Waals surface area contributed by atoms with Gasteiger partial charge < -0.3 is 0 Å². The lowest BCUT2D eigenvalue weighted by Crippen LogP contribution is -1.95. The summed E-state index contributed by atoms with van der Waals surface area (Å²) in [5.74, 6) is 0. The molecule has 2 heterocycles. The van der Waals surface area contributed by atoms with Gasteiger partial charge in [0.1, 0.15) is 0 Å². The summed E-state index contributed by atoms with van der Waals surface area (Å²) < 4.78 is 0. The van der Waals surface area contributed by atoms with Crippen LogP contribution >= 0.6 is 0 Å². The van der Waals surface area contributed by atoms with Crippen LogP contribution in [0.3, 0.4) is 0 Å². The fourth-order valence-electron chi connectivity index (χ4n) is 11.5. The van der Waals surface area contributed by atoms with Crippen LogP contribution in [0.1, 0.15) is 0 Å². The Morgan fingerprint density at radius 3 is 0.711 bits per heavy atom. The standard InChI is InChI=1S/C74H48N2/c1-5-15-49(16-6-1)59-39-60(50-17-7-2-8-18-50)42-63(41-59)71-45-69(55-29-25-53(26-30-55)57-23-13-37-75-47-57)65-34-36-68-72(64-43-61(51-19-9-3-10-20-51)40-62(44-64)52-21-11-4-12-22-52)46-70(66-33-35-67(71)73(65)74(66)68)56-31-27-54(28-32-56)58-24-14-38-76-48-58/h1-48H. The van der Waals surface area contributed by atoms with Crippen molar-refractivity contribution in [2.45, 2.75) is 0 Å². The zero-order chi connectivity index (χ0) is 50.4. The van der Waals surface area contributed by atoms with E-state index in [1.807, 2.05) is 36.9 Å². The highest BCUT2D eigenvalue weighted by Crippen LogP contribution is 2.50. The second kappa shape index (κ2) is 19.1. The highest BCUT2D eigenvalue weighted by atomic mass is 14.6. The molecular weight excluding hydrogens is 917 g/mol. The summed E-state index contributed by atoms with van der Waals surface area (Å²) in [6.07, 6.45) is 7.54. The van der Waals surface area contributed by atoms with Crippen LogP contribution in [-0.4, -0.2) is 9.97 Å². The maximum Gasteiger partial charge on any atom is 0.0346 e. The van der Waals surface area contributed by atoms with Crippen LogP contribution in [0.15, 0.2) is 292 Å². The predicted molar refractivity (Wildman–Crippen MR) is 320 cm³/mol. The second-order valence-electron chi connectivity index (χ2n) is 19.7. The molecule has 12 aromatic carbocycles. The van der Waals surface area contributed by atoms with Gasteiger partial charge in [-0.2, -0.15) is 0 Å². The highest BCUT2D eigenvalue weighted by molar-refractivity contribution is 6.32. The normalized spacial score (nSPS) is 11.4. The number of hydrogen-bond acceptors (Lipinski definition) is 2. The summed E-state index contributed by atoms with van der Waals surface area (Å²) >= 11 is 0. The maximum absolute atomic E-state index is 4.45. The summed E-state index contributed by atoms with van der Waals surface area (Å²) in [6, 6.07) is 98.3. The van der Waals surface area contributed by atoms with Crippen molar-refractivity contribution in [1.82, 2.24) is 9.97 Å². The second-order valence-corrected chi connectivity index (χ2v) is 19.7.